The third kappa shape index (κ3) is 4.96. The maximum absolute atomic E-state index is 12.2. The summed E-state index contributed by atoms with van der Waals surface area (Å²) in [5, 5.41) is 2.88. The minimum Gasteiger partial charge on any atom is -0.493 e. The van der Waals surface area contributed by atoms with Gasteiger partial charge in [0, 0.05) is 18.3 Å². The lowest BCUT2D eigenvalue weighted by Gasteiger charge is -2.16. The number of nitrogens with zero attached hydrogens (tertiary/aromatic N) is 1. The van der Waals surface area contributed by atoms with E-state index in [0.717, 1.165) is 23.4 Å². The fraction of sp³-hybridized carbons (Fsp3) is 0.389. The van der Waals surface area contributed by atoms with Gasteiger partial charge in [0.1, 0.15) is 6.61 Å². The number of hydrogen-bond donors (Lipinski definition) is 1. The quantitative estimate of drug-likeness (QED) is 0.721. The van der Waals surface area contributed by atoms with E-state index in [9.17, 15) is 4.79 Å². The SMILES string of the molecule is COc1cc(NC(=O)c2ccc(Br)s2)ccc1OCCN1CCCC1. The van der Waals surface area contributed by atoms with Crippen molar-refractivity contribution in [3.05, 3.63) is 39.0 Å². The lowest BCUT2D eigenvalue weighted by molar-refractivity contribution is 0.103. The van der Waals surface area contributed by atoms with Gasteiger partial charge in [0.2, 0.25) is 0 Å². The van der Waals surface area contributed by atoms with Crippen molar-refractivity contribution in [2.24, 2.45) is 0 Å². The molecule has 1 aromatic heterocycles. The first-order valence-electron chi connectivity index (χ1n) is 8.25. The van der Waals surface area contributed by atoms with Crippen LogP contribution in [0.1, 0.15) is 22.5 Å². The van der Waals surface area contributed by atoms with Crippen molar-refractivity contribution < 1.29 is 14.3 Å². The van der Waals surface area contributed by atoms with Gasteiger partial charge in [-0.3, -0.25) is 9.69 Å². The summed E-state index contributed by atoms with van der Waals surface area (Å²) in [6.07, 6.45) is 2.55. The van der Waals surface area contributed by atoms with E-state index in [1.807, 2.05) is 18.2 Å². The Morgan fingerprint density at radius 2 is 2.04 bits per heavy atom. The number of ether oxygens (including phenoxy) is 2. The molecule has 0 aliphatic carbocycles. The van der Waals surface area contributed by atoms with Gasteiger partial charge in [-0.25, -0.2) is 0 Å². The summed E-state index contributed by atoms with van der Waals surface area (Å²) in [7, 11) is 1.60. The molecule has 0 saturated carbocycles. The molecule has 1 N–H and O–H groups in total. The summed E-state index contributed by atoms with van der Waals surface area (Å²) < 4.78 is 12.2. The van der Waals surface area contributed by atoms with Gasteiger partial charge in [0.25, 0.3) is 5.91 Å². The van der Waals surface area contributed by atoms with E-state index in [4.69, 9.17) is 9.47 Å². The van der Waals surface area contributed by atoms with E-state index in [2.05, 4.69) is 26.1 Å². The van der Waals surface area contributed by atoms with Crippen LogP contribution in [-0.2, 0) is 0 Å². The van der Waals surface area contributed by atoms with Gasteiger partial charge in [-0.1, -0.05) is 0 Å². The number of methoxy groups -OCH3 is 1. The predicted molar refractivity (Wildman–Crippen MR) is 104 cm³/mol. The summed E-state index contributed by atoms with van der Waals surface area (Å²) in [6, 6.07) is 9.09. The zero-order valence-electron chi connectivity index (χ0n) is 14.1. The average Bonchev–Trinajstić information content (AvgIpc) is 3.27. The van der Waals surface area contributed by atoms with Gasteiger partial charge in [0.15, 0.2) is 11.5 Å². The van der Waals surface area contributed by atoms with Gasteiger partial charge in [-0.2, -0.15) is 0 Å². The Morgan fingerprint density at radius 1 is 1.24 bits per heavy atom. The highest BCUT2D eigenvalue weighted by Gasteiger charge is 2.13. The number of anilines is 1. The van der Waals surface area contributed by atoms with Crippen molar-refractivity contribution in [2.75, 3.05) is 38.7 Å². The minimum absolute atomic E-state index is 0.138. The minimum atomic E-state index is -0.138. The normalized spacial score (nSPS) is 14.5. The second-order valence-electron chi connectivity index (χ2n) is 5.82. The molecule has 1 aliphatic heterocycles. The van der Waals surface area contributed by atoms with Crippen LogP contribution in [0.3, 0.4) is 0 Å². The Balaban J connectivity index is 1.59. The van der Waals surface area contributed by atoms with Crippen molar-refractivity contribution in [3.8, 4) is 11.5 Å². The molecule has 1 fully saturated rings. The molecule has 5 nitrogen and oxygen atoms in total. The van der Waals surface area contributed by atoms with E-state index in [0.29, 0.717) is 28.7 Å². The Bertz CT molecular complexity index is 729. The zero-order chi connectivity index (χ0) is 17.6. The molecule has 3 rings (SSSR count). The van der Waals surface area contributed by atoms with Crippen LogP contribution in [0.25, 0.3) is 0 Å². The fourth-order valence-corrected chi connectivity index (χ4v) is 4.07. The van der Waals surface area contributed by atoms with Crippen LogP contribution in [0.5, 0.6) is 11.5 Å². The lowest BCUT2D eigenvalue weighted by atomic mass is 10.2. The maximum atomic E-state index is 12.2. The molecule has 1 aromatic carbocycles. The van der Waals surface area contributed by atoms with Gasteiger partial charge >= 0.3 is 0 Å². The Labute approximate surface area is 160 Å². The van der Waals surface area contributed by atoms with E-state index in [1.165, 1.54) is 24.2 Å². The molecule has 0 bridgehead atoms. The van der Waals surface area contributed by atoms with Crippen LogP contribution < -0.4 is 14.8 Å². The number of rotatable bonds is 7. The predicted octanol–water partition coefficient (Wildman–Crippen LogP) is 4.25. The highest BCUT2D eigenvalue weighted by molar-refractivity contribution is 9.11. The first-order chi connectivity index (χ1) is 12.2. The molecule has 2 aromatic rings. The number of amides is 1. The summed E-state index contributed by atoms with van der Waals surface area (Å²) in [4.78, 5) is 15.3. The first-order valence-corrected chi connectivity index (χ1v) is 9.86. The fourth-order valence-electron chi connectivity index (χ4n) is 2.78. The number of likely N-dealkylation sites (tertiary alicyclic amines) is 1. The Kier molecular flexibility index (Phi) is 6.34. The van der Waals surface area contributed by atoms with Crippen LogP contribution >= 0.6 is 27.3 Å². The van der Waals surface area contributed by atoms with Crippen LogP contribution in [-0.4, -0.2) is 44.2 Å². The largest absolute Gasteiger partial charge is 0.493 e. The molecule has 0 unspecified atom stereocenters. The van der Waals surface area contributed by atoms with Crippen molar-refractivity contribution >= 4 is 38.9 Å². The Morgan fingerprint density at radius 3 is 2.72 bits per heavy atom. The molecule has 7 heteroatoms. The van der Waals surface area contributed by atoms with E-state index < -0.39 is 0 Å². The summed E-state index contributed by atoms with van der Waals surface area (Å²) in [6.45, 7) is 3.87. The van der Waals surface area contributed by atoms with Crippen LogP contribution in [0.15, 0.2) is 34.1 Å². The van der Waals surface area contributed by atoms with Crippen LogP contribution in [0, 0.1) is 0 Å². The maximum Gasteiger partial charge on any atom is 0.265 e. The monoisotopic (exact) mass is 424 g/mol. The number of nitrogens with one attached hydrogen (secondary N) is 1. The number of carbonyl (C=O) groups excluding carboxylic acids is 1. The molecule has 1 aliphatic rings. The molecule has 1 amide bonds. The van der Waals surface area contributed by atoms with Crippen LogP contribution in [0.4, 0.5) is 5.69 Å². The highest BCUT2D eigenvalue weighted by Crippen LogP contribution is 2.31. The molecule has 25 heavy (non-hydrogen) atoms. The smallest absolute Gasteiger partial charge is 0.265 e. The standard InChI is InChI=1S/C18H21BrN2O3S/c1-23-15-12-13(20-18(22)16-6-7-17(19)25-16)4-5-14(15)24-11-10-21-8-2-3-9-21/h4-7,12H,2-3,8-11H2,1H3,(H,20,22). The number of halogens is 1. The van der Waals surface area contributed by atoms with E-state index in [1.54, 1.807) is 19.2 Å². The van der Waals surface area contributed by atoms with Gasteiger partial charge in [-0.15, -0.1) is 11.3 Å². The second-order valence-corrected chi connectivity index (χ2v) is 8.28. The van der Waals surface area contributed by atoms with Crippen molar-refractivity contribution in [1.82, 2.24) is 4.90 Å². The lowest BCUT2D eigenvalue weighted by Crippen LogP contribution is -2.25. The van der Waals surface area contributed by atoms with Crippen molar-refractivity contribution in [1.29, 1.82) is 0 Å². The summed E-state index contributed by atoms with van der Waals surface area (Å²) >= 11 is 4.76. The molecule has 0 radical (unpaired) electrons. The topological polar surface area (TPSA) is 50.8 Å². The van der Waals surface area contributed by atoms with Crippen molar-refractivity contribution in [2.45, 2.75) is 12.8 Å². The average molecular weight is 425 g/mol. The molecule has 134 valence electrons. The molecule has 0 atom stereocenters. The summed E-state index contributed by atoms with van der Waals surface area (Å²) in [5.74, 6) is 1.17. The summed E-state index contributed by atoms with van der Waals surface area (Å²) in [5.41, 5.74) is 0.679. The van der Waals surface area contributed by atoms with Gasteiger partial charge in [0.05, 0.1) is 15.8 Å². The molecular weight excluding hydrogens is 404 g/mol. The zero-order valence-corrected chi connectivity index (χ0v) is 16.5. The highest BCUT2D eigenvalue weighted by atomic mass is 79.9. The third-order valence-corrected chi connectivity index (χ3v) is 5.70. The molecule has 0 spiro atoms. The van der Waals surface area contributed by atoms with Crippen LogP contribution in [0.2, 0.25) is 0 Å². The molecular formula is C18H21BrN2O3S. The van der Waals surface area contributed by atoms with E-state index in [-0.39, 0.29) is 5.91 Å². The van der Waals surface area contributed by atoms with Gasteiger partial charge in [-0.05, 0) is 66.1 Å². The third-order valence-electron chi connectivity index (χ3n) is 4.08. The number of hydrogen-bond acceptors (Lipinski definition) is 5. The molecule has 2 heterocycles. The molecule has 1 saturated heterocycles. The first kappa shape index (κ1) is 18.2. The number of thiophene rings is 1. The second kappa shape index (κ2) is 8.69. The number of benzene rings is 1. The van der Waals surface area contributed by atoms with Gasteiger partial charge < -0.3 is 14.8 Å². The van der Waals surface area contributed by atoms with E-state index >= 15 is 0 Å². The Hall–Kier alpha value is -1.57. The van der Waals surface area contributed by atoms with Crippen molar-refractivity contribution in [3.63, 3.8) is 0 Å². The number of carbonyl (C=O) groups is 1.